The largest absolute Gasteiger partial charge is 0.496 e. The van der Waals surface area contributed by atoms with E-state index >= 15 is 0 Å². The molecule has 3 aliphatic rings. The van der Waals surface area contributed by atoms with E-state index in [-0.39, 0.29) is 0 Å². The lowest BCUT2D eigenvalue weighted by molar-refractivity contribution is 0.368. The van der Waals surface area contributed by atoms with Crippen LogP contribution in [0.1, 0.15) is 33.4 Å². The van der Waals surface area contributed by atoms with Gasteiger partial charge in [-0.2, -0.15) is 0 Å². The van der Waals surface area contributed by atoms with Crippen LogP contribution in [0.25, 0.3) is 44.2 Å². The van der Waals surface area contributed by atoms with Gasteiger partial charge in [-0.05, 0) is 68.3 Å². The van der Waals surface area contributed by atoms with E-state index in [0.717, 1.165) is 22.3 Å². The summed E-state index contributed by atoms with van der Waals surface area (Å²) >= 11 is 0. The second kappa shape index (κ2) is 7.16. The molecule has 192 valence electrons. The van der Waals surface area contributed by atoms with Crippen LogP contribution in [0, 0.1) is 0 Å². The first-order valence-corrected chi connectivity index (χ1v) is 14.2. The summed E-state index contributed by atoms with van der Waals surface area (Å²) < 4.78 is 13.0. The third kappa shape index (κ3) is 2.14. The van der Waals surface area contributed by atoms with Gasteiger partial charge in [0.1, 0.15) is 16.9 Å². The molecule has 6 aromatic carbocycles. The van der Waals surface area contributed by atoms with E-state index in [4.69, 9.17) is 9.15 Å². The molecule has 1 aromatic heterocycles. The maximum absolute atomic E-state index is 6.66. The predicted molar refractivity (Wildman–Crippen MR) is 164 cm³/mol. The summed E-state index contributed by atoms with van der Waals surface area (Å²) in [7, 11) is 1.80. The first kappa shape index (κ1) is 21.7. The minimum absolute atomic E-state index is 0.569. The fraction of sp³-hybridized carbons (Fsp3) is 0.0769. The molecule has 0 bridgehead atoms. The summed E-state index contributed by atoms with van der Waals surface area (Å²) in [6.07, 6.45) is 0. The molecule has 41 heavy (non-hydrogen) atoms. The van der Waals surface area contributed by atoms with Crippen molar-refractivity contribution >= 4 is 21.9 Å². The van der Waals surface area contributed by atoms with E-state index in [2.05, 4.69) is 127 Å². The van der Waals surface area contributed by atoms with E-state index in [1.54, 1.807) is 7.11 Å². The molecule has 0 aliphatic heterocycles. The molecule has 0 saturated heterocycles. The van der Waals surface area contributed by atoms with E-state index in [0.29, 0.717) is 0 Å². The molecule has 0 amide bonds. The van der Waals surface area contributed by atoms with Gasteiger partial charge in [-0.25, -0.2) is 0 Å². The Hall–Kier alpha value is -5.08. The molecule has 0 atom stereocenters. The van der Waals surface area contributed by atoms with Crippen molar-refractivity contribution < 1.29 is 9.15 Å². The zero-order valence-electron chi connectivity index (χ0n) is 22.4. The van der Waals surface area contributed by atoms with Crippen LogP contribution in [-0.2, 0) is 10.8 Å². The van der Waals surface area contributed by atoms with E-state index < -0.39 is 10.8 Å². The molecule has 3 aliphatic carbocycles. The minimum atomic E-state index is -0.612. The monoisotopic (exact) mass is 524 g/mol. The number of ether oxygens (including phenoxy) is 1. The van der Waals surface area contributed by atoms with Crippen molar-refractivity contribution in [3.8, 4) is 28.0 Å². The van der Waals surface area contributed by atoms with E-state index in [1.165, 1.54) is 61.0 Å². The topological polar surface area (TPSA) is 22.4 Å². The van der Waals surface area contributed by atoms with Gasteiger partial charge >= 0.3 is 0 Å². The molecule has 0 spiro atoms. The molecular formula is C39H24O2. The van der Waals surface area contributed by atoms with E-state index in [9.17, 15) is 0 Å². The van der Waals surface area contributed by atoms with Crippen LogP contribution in [0.3, 0.4) is 0 Å². The number of rotatable bonds is 1. The SMILES string of the molecule is COc1ccc2oc3cccc4c3c2c1C12c3ccccc3-c3ccccc3C41c1ccccc1-c1ccccc12. The van der Waals surface area contributed by atoms with Gasteiger partial charge in [-0.1, -0.05) is 109 Å². The Labute approximate surface area is 237 Å². The fourth-order valence-corrected chi connectivity index (χ4v) is 8.97. The van der Waals surface area contributed by atoms with Gasteiger partial charge in [0.2, 0.25) is 0 Å². The Morgan fingerprint density at radius 1 is 0.439 bits per heavy atom. The standard InChI is InChI=1S/C39H24O2/c1-40-34-22-21-33-36-35-31(19-10-20-32(35)41-33)38-27-15-6-2-11-23(27)25-13-4-8-17-29(25)39(38,37(34)36)30-18-9-5-14-26(30)24-12-3-7-16-28(24)38/h2-22H,1H3. The molecule has 2 heteroatoms. The molecule has 0 fully saturated rings. The first-order chi connectivity index (χ1) is 20.3. The van der Waals surface area contributed by atoms with Crippen LogP contribution < -0.4 is 4.74 Å². The molecule has 2 nitrogen and oxygen atoms in total. The van der Waals surface area contributed by atoms with Crippen LogP contribution in [0.4, 0.5) is 0 Å². The maximum Gasteiger partial charge on any atom is 0.136 e. The third-order valence-corrected chi connectivity index (χ3v) is 10.1. The van der Waals surface area contributed by atoms with Gasteiger partial charge in [0, 0.05) is 16.3 Å². The summed E-state index contributed by atoms with van der Waals surface area (Å²) in [6.45, 7) is 0. The van der Waals surface area contributed by atoms with Gasteiger partial charge in [0.05, 0.1) is 17.9 Å². The molecule has 7 aromatic rings. The maximum atomic E-state index is 6.66. The second-order valence-electron chi connectivity index (χ2n) is 11.5. The highest BCUT2D eigenvalue weighted by molar-refractivity contribution is 6.15. The molecule has 1 heterocycles. The summed E-state index contributed by atoms with van der Waals surface area (Å²) in [4.78, 5) is 0. The molecular weight excluding hydrogens is 500 g/mol. The van der Waals surface area contributed by atoms with Gasteiger partial charge in [-0.15, -0.1) is 0 Å². The van der Waals surface area contributed by atoms with Crippen molar-refractivity contribution in [2.45, 2.75) is 10.8 Å². The van der Waals surface area contributed by atoms with Crippen LogP contribution in [-0.4, -0.2) is 7.11 Å². The Morgan fingerprint density at radius 2 is 0.902 bits per heavy atom. The van der Waals surface area contributed by atoms with Crippen molar-refractivity contribution in [2.24, 2.45) is 0 Å². The quantitative estimate of drug-likeness (QED) is 0.214. The molecule has 0 N–H and O–H groups in total. The summed E-state index contributed by atoms with van der Waals surface area (Å²) in [5.41, 5.74) is 13.5. The molecule has 10 rings (SSSR count). The van der Waals surface area contributed by atoms with Gasteiger partial charge in [0.15, 0.2) is 0 Å². The van der Waals surface area contributed by atoms with Gasteiger partial charge < -0.3 is 9.15 Å². The lowest BCUT2D eigenvalue weighted by Gasteiger charge is -2.61. The predicted octanol–water partition coefficient (Wildman–Crippen LogP) is 9.24. The number of benzene rings is 6. The van der Waals surface area contributed by atoms with Gasteiger partial charge in [-0.3, -0.25) is 0 Å². The number of hydrogen-bond donors (Lipinski definition) is 0. The normalized spacial score (nSPS) is 20.5. The van der Waals surface area contributed by atoms with Crippen molar-refractivity contribution in [3.63, 3.8) is 0 Å². The lowest BCUT2D eigenvalue weighted by Crippen LogP contribution is -2.58. The van der Waals surface area contributed by atoms with Crippen molar-refractivity contribution in [3.05, 3.63) is 161 Å². The first-order valence-electron chi connectivity index (χ1n) is 14.2. The zero-order chi connectivity index (χ0) is 26.9. The van der Waals surface area contributed by atoms with Crippen LogP contribution in [0.2, 0.25) is 0 Å². The number of methoxy groups -OCH3 is 1. The molecule has 0 unspecified atom stereocenters. The van der Waals surface area contributed by atoms with E-state index in [1.807, 2.05) is 0 Å². The van der Waals surface area contributed by atoms with Crippen LogP contribution in [0.15, 0.2) is 132 Å². The van der Waals surface area contributed by atoms with Crippen LogP contribution >= 0.6 is 0 Å². The third-order valence-electron chi connectivity index (χ3n) is 10.1. The van der Waals surface area contributed by atoms with Crippen molar-refractivity contribution in [1.29, 1.82) is 0 Å². The summed E-state index contributed by atoms with van der Waals surface area (Å²) in [6, 6.07) is 47.0. The number of hydrogen-bond acceptors (Lipinski definition) is 2. The Balaban J connectivity index is 1.63. The highest BCUT2D eigenvalue weighted by atomic mass is 16.5. The Morgan fingerprint density at radius 3 is 1.44 bits per heavy atom. The lowest BCUT2D eigenvalue weighted by atomic mass is 9.39. The second-order valence-corrected chi connectivity index (χ2v) is 11.5. The summed E-state index contributed by atoms with van der Waals surface area (Å²) in [5, 5.41) is 2.35. The van der Waals surface area contributed by atoms with Gasteiger partial charge in [0.25, 0.3) is 0 Å². The van der Waals surface area contributed by atoms with Crippen molar-refractivity contribution in [1.82, 2.24) is 0 Å². The average Bonchev–Trinajstić information content (AvgIpc) is 3.43. The Bertz CT molecular complexity index is 2180. The average molecular weight is 525 g/mol. The fourth-order valence-electron chi connectivity index (χ4n) is 8.97. The number of fused-ring (bicyclic) bond motifs is 6. The molecule has 0 radical (unpaired) electrons. The number of furan rings is 1. The zero-order valence-corrected chi connectivity index (χ0v) is 22.4. The highest BCUT2D eigenvalue weighted by Crippen LogP contribution is 2.73. The minimum Gasteiger partial charge on any atom is -0.496 e. The molecule has 0 saturated carbocycles. The smallest absolute Gasteiger partial charge is 0.136 e. The highest BCUT2D eigenvalue weighted by Gasteiger charge is 2.67. The van der Waals surface area contributed by atoms with Crippen LogP contribution in [0.5, 0.6) is 5.75 Å². The van der Waals surface area contributed by atoms with Crippen molar-refractivity contribution in [2.75, 3.05) is 7.11 Å². The Kier molecular flexibility index (Phi) is 3.79. The summed E-state index contributed by atoms with van der Waals surface area (Å²) in [5.74, 6) is 0.891.